The van der Waals surface area contributed by atoms with Crippen LogP contribution < -0.4 is 5.32 Å². The van der Waals surface area contributed by atoms with Gasteiger partial charge in [0.2, 0.25) is 0 Å². The maximum absolute atomic E-state index is 12.5. The van der Waals surface area contributed by atoms with Crippen LogP contribution in [0.4, 0.5) is 0 Å². The summed E-state index contributed by atoms with van der Waals surface area (Å²) in [6.45, 7) is 8.92. The largest absolute Gasteiger partial charge is 0.379 e. The zero-order valence-corrected chi connectivity index (χ0v) is 16.8. The molecule has 0 radical (unpaired) electrons. The smallest absolute Gasteiger partial charge is 0.273 e. The summed E-state index contributed by atoms with van der Waals surface area (Å²) in [5.41, 5.74) is 3.70. The van der Waals surface area contributed by atoms with Crippen LogP contribution in [0.15, 0.2) is 28.7 Å². The molecule has 0 aliphatic carbocycles. The Labute approximate surface area is 162 Å². The maximum Gasteiger partial charge on any atom is 0.273 e. The molecule has 1 amide bonds. The van der Waals surface area contributed by atoms with E-state index >= 15 is 0 Å². The number of morpholine rings is 1. The topological polar surface area (TPSA) is 70.2 Å². The molecule has 0 spiro atoms. The Kier molecular flexibility index (Phi) is 6.45. The van der Waals surface area contributed by atoms with E-state index in [-0.39, 0.29) is 11.8 Å². The predicted octanol–water partition coefficient (Wildman–Crippen LogP) is 3.06. The number of benzene rings is 1. The fourth-order valence-corrected chi connectivity index (χ4v) is 3.83. The molecule has 26 heavy (non-hydrogen) atoms. The van der Waals surface area contributed by atoms with Crippen molar-refractivity contribution in [2.45, 2.75) is 32.9 Å². The molecule has 2 aromatic rings. The third kappa shape index (κ3) is 4.52. The second-order valence-electron chi connectivity index (χ2n) is 6.79. The summed E-state index contributed by atoms with van der Waals surface area (Å²) in [5, 5.41) is 10.1. The molecule has 140 valence electrons. The van der Waals surface area contributed by atoms with Crippen molar-refractivity contribution in [1.29, 1.82) is 0 Å². The fourth-order valence-electron chi connectivity index (χ4n) is 3.02. The number of hydrogen-bond donors (Lipinski definition) is 2. The molecule has 1 saturated heterocycles. The number of amides is 1. The number of carbonyl (C=O) groups is 1. The minimum Gasteiger partial charge on any atom is -0.379 e. The van der Waals surface area contributed by atoms with Crippen molar-refractivity contribution in [3.63, 3.8) is 0 Å². The average molecular weight is 421 g/mol. The molecule has 1 aromatic heterocycles. The first-order valence-electron chi connectivity index (χ1n) is 8.95. The number of halogens is 1. The number of nitrogens with one attached hydrogen (secondary N) is 2. The maximum atomic E-state index is 12.5. The van der Waals surface area contributed by atoms with Gasteiger partial charge in [-0.25, -0.2) is 0 Å². The van der Waals surface area contributed by atoms with Crippen molar-refractivity contribution in [3.8, 4) is 0 Å². The molecule has 2 heterocycles. The van der Waals surface area contributed by atoms with Gasteiger partial charge in [-0.3, -0.25) is 14.8 Å². The number of hydrogen-bond acceptors (Lipinski definition) is 4. The van der Waals surface area contributed by atoms with Gasteiger partial charge in [0.05, 0.1) is 23.4 Å². The van der Waals surface area contributed by atoms with Crippen molar-refractivity contribution in [2.24, 2.45) is 0 Å². The van der Waals surface area contributed by atoms with Crippen molar-refractivity contribution in [3.05, 3.63) is 51.3 Å². The van der Waals surface area contributed by atoms with Crippen LogP contribution in [-0.2, 0) is 17.8 Å². The van der Waals surface area contributed by atoms with Crippen molar-refractivity contribution in [2.75, 3.05) is 26.3 Å². The summed E-state index contributed by atoms with van der Waals surface area (Å²) >= 11 is 3.49. The first kappa shape index (κ1) is 19.1. The Hall–Kier alpha value is -1.70. The quantitative estimate of drug-likeness (QED) is 0.753. The van der Waals surface area contributed by atoms with Gasteiger partial charge < -0.3 is 10.1 Å². The van der Waals surface area contributed by atoms with Crippen LogP contribution in [-0.4, -0.2) is 47.3 Å². The van der Waals surface area contributed by atoms with Crippen LogP contribution in [0, 0.1) is 0 Å². The van der Waals surface area contributed by atoms with E-state index in [0.717, 1.165) is 48.6 Å². The van der Waals surface area contributed by atoms with Gasteiger partial charge in [-0.15, -0.1) is 0 Å². The Morgan fingerprint density at radius 2 is 2.00 bits per heavy atom. The normalized spacial score (nSPS) is 15.4. The molecular formula is C19H25BrN4O2. The van der Waals surface area contributed by atoms with Crippen LogP contribution >= 0.6 is 15.9 Å². The molecule has 6 nitrogen and oxygen atoms in total. The number of H-pyrrole nitrogens is 1. The zero-order chi connectivity index (χ0) is 18.5. The minimum absolute atomic E-state index is 0.179. The number of nitrogens with zero attached hydrogens (tertiary/aromatic N) is 2. The predicted molar refractivity (Wildman–Crippen MR) is 104 cm³/mol. The number of aromatic amines is 1. The Balaban J connectivity index is 1.65. The van der Waals surface area contributed by atoms with Gasteiger partial charge in [-0.05, 0) is 33.0 Å². The van der Waals surface area contributed by atoms with E-state index in [9.17, 15) is 4.79 Å². The second kappa shape index (κ2) is 8.79. The lowest BCUT2D eigenvalue weighted by molar-refractivity contribution is 0.0340. The van der Waals surface area contributed by atoms with Crippen molar-refractivity contribution >= 4 is 21.8 Å². The van der Waals surface area contributed by atoms with E-state index in [1.165, 1.54) is 5.56 Å². The number of ether oxygens (including phenoxy) is 1. The van der Waals surface area contributed by atoms with Gasteiger partial charge in [-0.2, -0.15) is 5.10 Å². The van der Waals surface area contributed by atoms with Gasteiger partial charge in [0, 0.05) is 26.2 Å². The summed E-state index contributed by atoms with van der Waals surface area (Å²) in [7, 11) is 0. The SMILES string of the molecule is CC(C)c1[nH]nc(C(=O)NCc2ccccc2CN2CCOCC2)c1Br. The van der Waals surface area contributed by atoms with E-state index in [1.807, 2.05) is 12.1 Å². The van der Waals surface area contributed by atoms with Crippen molar-refractivity contribution < 1.29 is 9.53 Å². The lowest BCUT2D eigenvalue weighted by atomic mass is 10.1. The lowest BCUT2D eigenvalue weighted by Gasteiger charge is -2.27. The highest BCUT2D eigenvalue weighted by atomic mass is 79.9. The molecule has 7 heteroatoms. The molecule has 2 N–H and O–H groups in total. The first-order valence-corrected chi connectivity index (χ1v) is 9.74. The third-order valence-electron chi connectivity index (χ3n) is 4.58. The number of aromatic nitrogens is 2. The van der Waals surface area contributed by atoms with Crippen LogP contribution in [0.25, 0.3) is 0 Å². The average Bonchev–Trinajstić information content (AvgIpc) is 3.03. The van der Waals surface area contributed by atoms with Crippen molar-refractivity contribution in [1.82, 2.24) is 20.4 Å². The highest BCUT2D eigenvalue weighted by molar-refractivity contribution is 9.10. The highest BCUT2D eigenvalue weighted by Crippen LogP contribution is 2.25. The van der Waals surface area contributed by atoms with Gasteiger partial charge in [0.25, 0.3) is 5.91 Å². The number of carbonyl (C=O) groups excluding carboxylic acids is 1. The van der Waals surface area contributed by atoms with Gasteiger partial charge >= 0.3 is 0 Å². The number of rotatable bonds is 6. The van der Waals surface area contributed by atoms with E-state index in [1.54, 1.807) is 0 Å². The van der Waals surface area contributed by atoms with Crippen LogP contribution in [0.5, 0.6) is 0 Å². The summed E-state index contributed by atoms with van der Waals surface area (Å²) in [6, 6.07) is 8.24. The molecule has 0 bridgehead atoms. The Morgan fingerprint density at radius 3 is 2.65 bits per heavy atom. The molecule has 1 fully saturated rings. The molecular weight excluding hydrogens is 396 g/mol. The second-order valence-corrected chi connectivity index (χ2v) is 7.59. The Morgan fingerprint density at radius 1 is 1.31 bits per heavy atom. The molecule has 3 rings (SSSR count). The van der Waals surface area contributed by atoms with Gasteiger partial charge in [0.15, 0.2) is 5.69 Å². The zero-order valence-electron chi connectivity index (χ0n) is 15.2. The van der Waals surface area contributed by atoms with Crippen LogP contribution in [0.1, 0.15) is 47.1 Å². The highest BCUT2D eigenvalue weighted by Gasteiger charge is 2.19. The molecule has 1 aromatic carbocycles. The summed E-state index contributed by atoms with van der Waals surface area (Å²) < 4.78 is 6.15. The first-order chi connectivity index (χ1) is 12.6. The summed E-state index contributed by atoms with van der Waals surface area (Å²) in [6.07, 6.45) is 0. The molecule has 0 atom stereocenters. The van der Waals surface area contributed by atoms with Gasteiger partial charge in [-0.1, -0.05) is 38.1 Å². The third-order valence-corrected chi connectivity index (χ3v) is 5.38. The molecule has 0 unspecified atom stereocenters. The standard InChI is InChI=1S/C19H25BrN4O2/c1-13(2)17-16(20)18(23-22-17)19(25)21-11-14-5-3-4-6-15(14)12-24-7-9-26-10-8-24/h3-6,13H,7-12H2,1-2H3,(H,21,25)(H,22,23). The molecule has 1 aliphatic rings. The van der Waals surface area contributed by atoms with E-state index < -0.39 is 0 Å². The monoisotopic (exact) mass is 420 g/mol. The molecule has 0 saturated carbocycles. The van der Waals surface area contributed by atoms with Gasteiger partial charge in [0.1, 0.15) is 0 Å². The van der Waals surface area contributed by atoms with E-state index in [0.29, 0.717) is 12.2 Å². The van der Waals surface area contributed by atoms with E-state index in [4.69, 9.17) is 4.74 Å². The Bertz CT molecular complexity index is 754. The molecule has 1 aliphatic heterocycles. The summed E-state index contributed by atoms with van der Waals surface area (Å²) in [4.78, 5) is 14.9. The van der Waals surface area contributed by atoms with E-state index in [2.05, 4.69) is 62.3 Å². The van der Waals surface area contributed by atoms with Crippen LogP contribution in [0.3, 0.4) is 0 Å². The fraction of sp³-hybridized carbons (Fsp3) is 0.474. The summed E-state index contributed by atoms with van der Waals surface area (Å²) in [5.74, 6) is 0.0915. The lowest BCUT2D eigenvalue weighted by Crippen LogP contribution is -2.36. The minimum atomic E-state index is -0.179. The van der Waals surface area contributed by atoms with Crippen LogP contribution in [0.2, 0.25) is 0 Å².